The van der Waals surface area contributed by atoms with Gasteiger partial charge in [-0.15, -0.1) is 0 Å². The largest absolute Gasteiger partial charge is 0.330 e. The van der Waals surface area contributed by atoms with Crippen molar-refractivity contribution in [1.82, 2.24) is 5.32 Å². The summed E-state index contributed by atoms with van der Waals surface area (Å²) >= 11 is 0. The van der Waals surface area contributed by atoms with E-state index in [9.17, 15) is 0 Å². The molecule has 104 valence electrons. The summed E-state index contributed by atoms with van der Waals surface area (Å²) in [6.07, 6.45) is 8.07. The van der Waals surface area contributed by atoms with Gasteiger partial charge in [-0.1, -0.05) is 49.6 Å². The highest BCUT2D eigenvalue weighted by atomic mass is 15.0. The fourth-order valence-electron chi connectivity index (χ4n) is 3.59. The predicted molar refractivity (Wildman–Crippen MR) is 80.2 cm³/mol. The third-order valence-electron chi connectivity index (χ3n) is 5.10. The molecule has 2 atom stereocenters. The molecule has 0 bridgehead atoms. The van der Waals surface area contributed by atoms with Gasteiger partial charge in [-0.25, -0.2) is 0 Å². The van der Waals surface area contributed by atoms with Gasteiger partial charge in [0.2, 0.25) is 0 Å². The molecule has 0 spiro atoms. The Hall–Kier alpha value is -0.860. The molecule has 3 N–H and O–H groups in total. The highest BCUT2D eigenvalue weighted by Crippen LogP contribution is 2.42. The smallest absolute Gasteiger partial charge is 0.0143 e. The van der Waals surface area contributed by atoms with Crippen molar-refractivity contribution in [2.45, 2.75) is 50.5 Å². The minimum absolute atomic E-state index is 0.391. The maximum Gasteiger partial charge on any atom is 0.0143 e. The van der Waals surface area contributed by atoms with Crippen molar-refractivity contribution in [3.63, 3.8) is 0 Å². The van der Waals surface area contributed by atoms with Gasteiger partial charge in [0.25, 0.3) is 0 Å². The number of hydrogen-bond donors (Lipinski definition) is 2. The minimum Gasteiger partial charge on any atom is -0.330 e. The van der Waals surface area contributed by atoms with Gasteiger partial charge < -0.3 is 11.1 Å². The van der Waals surface area contributed by atoms with Crippen molar-refractivity contribution in [1.29, 1.82) is 0 Å². The first kappa shape index (κ1) is 13.1. The van der Waals surface area contributed by atoms with Crippen LogP contribution in [0.2, 0.25) is 0 Å². The molecule has 2 heteroatoms. The van der Waals surface area contributed by atoms with Crippen LogP contribution in [0.15, 0.2) is 30.3 Å². The van der Waals surface area contributed by atoms with E-state index in [1.54, 1.807) is 0 Å². The lowest BCUT2D eigenvalue weighted by molar-refractivity contribution is 0.190. The van der Waals surface area contributed by atoms with Gasteiger partial charge in [0.15, 0.2) is 0 Å². The lowest BCUT2D eigenvalue weighted by atomic mass is 9.74. The molecule has 0 aromatic heterocycles. The molecule has 0 heterocycles. The van der Waals surface area contributed by atoms with Crippen LogP contribution in [0.1, 0.15) is 50.0 Å². The molecule has 2 aliphatic carbocycles. The minimum atomic E-state index is 0.391. The second kappa shape index (κ2) is 5.64. The number of nitrogens with one attached hydrogen (secondary N) is 1. The van der Waals surface area contributed by atoms with Gasteiger partial charge in [-0.2, -0.15) is 0 Å². The summed E-state index contributed by atoms with van der Waals surface area (Å²) in [5.41, 5.74) is 7.93. The summed E-state index contributed by atoms with van der Waals surface area (Å²) in [5, 5.41) is 3.79. The third kappa shape index (κ3) is 3.01. The average Bonchev–Trinajstić information content (AvgIpc) is 3.27. The quantitative estimate of drug-likeness (QED) is 0.852. The second-order valence-electron chi connectivity index (χ2n) is 6.51. The van der Waals surface area contributed by atoms with Crippen LogP contribution < -0.4 is 11.1 Å². The maximum absolute atomic E-state index is 6.05. The van der Waals surface area contributed by atoms with Gasteiger partial charge in [0, 0.05) is 18.5 Å². The van der Waals surface area contributed by atoms with Crippen molar-refractivity contribution in [2.75, 3.05) is 13.1 Å². The van der Waals surface area contributed by atoms with E-state index in [2.05, 4.69) is 35.6 Å². The SMILES string of the molecule is NCC1(CN[C@H]2CC2c2ccccc2)CCCCC1. The average molecular weight is 258 g/mol. The molecular weight excluding hydrogens is 232 g/mol. The van der Waals surface area contributed by atoms with Crippen LogP contribution in [0.5, 0.6) is 0 Å². The van der Waals surface area contributed by atoms with Gasteiger partial charge in [-0.3, -0.25) is 0 Å². The topological polar surface area (TPSA) is 38.0 Å². The first-order chi connectivity index (χ1) is 9.33. The number of nitrogens with two attached hydrogens (primary N) is 1. The van der Waals surface area contributed by atoms with E-state index in [1.165, 1.54) is 44.1 Å². The number of hydrogen-bond acceptors (Lipinski definition) is 2. The van der Waals surface area contributed by atoms with Crippen LogP contribution in [0.4, 0.5) is 0 Å². The summed E-state index contributed by atoms with van der Waals surface area (Å²) in [6.45, 7) is 1.97. The maximum atomic E-state index is 6.05. The van der Waals surface area contributed by atoms with Gasteiger partial charge in [0.1, 0.15) is 0 Å². The molecule has 1 unspecified atom stereocenters. The van der Waals surface area contributed by atoms with Crippen LogP contribution in [0.25, 0.3) is 0 Å². The summed E-state index contributed by atoms with van der Waals surface area (Å²) < 4.78 is 0. The molecule has 1 aromatic rings. The van der Waals surface area contributed by atoms with Gasteiger partial charge >= 0.3 is 0 Å². The van der Waals surface area contributed by atoms with Crippen LogP contribution in [0, 0.1) is 5.41 Å². The second-order valence-corrected chi connectivity index (χ2v) is 6.51. The Labute approximate surface area is 116 Å². The standard InChI is InChI=1S/C17H26N2/c18-12-17(9-5-2-6-10-17)13-19-16-11-15(16)14-7-3-1-4-8-14/h1,3-4,7-8,15-16,19H,2,5-6,9-13,18H2/t15?,16-/m0/s1. The zero-order valence-corrected chi connectivity index (χ0v) is 11.8. The van der Waals surface area contributed by atoms with E-state index in [1.807, 2.05) is 0 Å². The molecule has 2 aliphatic rings. The van der Waals surface area contributed by atoms with Crippen molar-refractivity contribution >= 4 is 0 Å². The predicted octanol–water partition coefficient (Wildman–Crippen LogP) is 3.04. The lowest BCUT2D eigenvalue weighted by Gasteiger charge is -2.36. The fraction of sp³-hybridized carbons (Fsp3) is 0.647. The van der Waals surface area contributed by atoms with Crippen molar-refractivity contribution < 1.29 is 0 Å². The molecule has 2 saturated carbocycles. The normalized spacial score (nSPS) is 29.1. The first-order valence-corrected chi connectivity index (χ1v) is 7.81. The third-order valence-corrected chi connectivity index (χ3v) is 5.10. The summed E-state index contributed by atoms with van der Waals surface area (Å²) in [5.74, 6) is 0.736. The monoisotopic (exact) mass is 258 g/mol. The first-order valence-electron chi connectivity index (χ1n) is 7.81. The van der Waals surface area contributed by atoms with Gasteiger partial charge in [-0.05, 0) is 36.8 Å². The van der Waals surface area contributed by atoms with E-state index in [0.717, 1.165) is 19.0 Å². The zero-order chi connectivity index (χ0) is 13.1. The summed E-state index contributed by atoms with van der Waals surface area (Å²) in [7, 11) is 0. The van der Waals surface area contributed by atoms with Gasteiger partial charge in [0.05, 0.1) is 0 Å². The summed E-state index contributed by atoms with van der Waals surface area (Å²) in [6, 6.07) is 11.6. The molecule has 0 amide bonds. The van der Waals surface area contributed by atoms with Crippen LogP contribution in [-0.2, 0) is 0 Å². The van der Waals surface area contributed by atoms with Crippen LogP contribution in [-0.4, -0.2) is 19.1 Å². The Balaban J connectivity index is 1.51. The Morgan fingerprint density at radius 2 is 1.84 bits per heavy atom. The molecular formula is C17H26N2. The van der Waals surface area contributed by atoms with Crippen molar-refractivity contribution in [2.24, 2.45) is 11.1 Å². The number of benzene rings is 1. The Bertz CT molecular complexity index is 395. The molecule has 19 heavy (non-hydrogen) atoms. The van der Waals surface area contributed by atoms with E-state index in [-0.39, 0.29) is 0 Å². The van der Waals surface area contributed by atoms with E-state index in [4.69, 9.17) is 5.73 Å². The Morgan fingerprint density at radius 1 is 1.11 bits per heavy atom. The molecule has 0 aliphatic heterocycles. The molecule has 0 saturated heterocycles. The van der Waals surface area contributed by atoms with E-state index >= 15 is 0 Å². The molecule has 0 radical (unpaired) electrons. The van der Waals surface area contributed by atoms with E-state index in [0.29, 0.717) is 11.5 Å². The Kier molecular flexibility index (Phi) is 3.90. The molecule has 3 rings (SSSR count). The molecule has 2 nitrogen and oxygen atoms in total. The molecule has 1 aromatic carbocycles. The molecule has 2 fully saturated rings. The highest BCUT2D eigenvalue weighted by Gasteiger charge is 2.40. The number of rotatable bonds is 5. The Morgan fingerprint density at radius 3 is 2.53 bits per heavy atom. The lowest BCUT2D eigenvalue weighted by Crippen LogP contribution is -2.42. The van der Waals surface area contributed by atoms with Crippen LogP contribution >= 0.6 is 0 Å². The zero-order valence-electron chi connectivity index (χ0n) is 11.8. The summed E-state index contributed by atoms with van der Waals surface area (Å²) in [4.78, 5) is 0. The van der Waals surface area contributed by atoms with Crippen molar-refractivity contribution in [3.05, 3.63) is 35.9 Å². The fourth-order valence-corrected chi connectivity index (χ4v) is 3.59. The highest BCUT2D eigenvalue weighted by molar-refractivity contribution is 5.27. The van der Waals surface area contributed by atoms with Crippen molar-refractivity contribution in [3.8, 4) is 0 Å². The van der Waals surface area contributed by atoms with Crippen LogP contribution in [0.3, 0.4) is 0 Å². The van der Waals surface area contributed by atoms with E-state index < -0.39 is 0 Å².